The lowest BCUT2D eigenvalue weighted by molar-refractivity contribution is 0.131. The number of rotatable bonds is 5. The van der Waals surface area contributed by atoms with Crippen molar-refractivity contribution in [2.45, 2.75) is 20.0 Å². The van der Waals surface area contributed by atoms with E-state index in [-0.39, 0.29) is 0 Å². The van der Waals surface area contributed by atoms with Crippen LogP contribution in [0, 0.1) is 6.92 Å². The second kappa shape index (κ2) is 7.07. The molecular weight excluding hydrogens is 252 g/mol. The van der Waals surface area contributed by atoms with Gasteiger partial charge in [-0.3, -0.25) is 4.90 Å². The van der Waals surface area contributed by atoms with E-state index in [1.807, 2.05) is 25.1 Å². The fourth-order valence-corrected chi connectivity index (χ4v) is 2.47. The van der Waals surface area contributed by atoms with Gasteiger partial charge in [0.25, 0.3) is 0 Å². The highest BCUT2D eigenvalue weighted by atomic mass is 16.5. The average Bonchev–Trinajstić information content (AvgIpc) is 2.41. The first-order valence-corrected chi connectivity index (χ1v) is 7.38. The van der Waals surface area contributed by atoms with Gasteiger partial charge < -0.3 is 14.7 Å². The van der Waals surface area contributed by atoms with Crippen LogP contribution in [0.4, 0.5) is 0 Å². The Hall–Kier alpha value is -1.10. The predicted molar refractivity (Wildman–Crippen MR) is 81.2 cm³/mol. The number of benzene rings is 1. The monoisotopic (exact) mass is 278 g/mol. The fourth-order valence-electron chi connectivity index (χ4n) is 2.47. The molecule has 0 radical (unpaired) electrons. The van der Waals surface area contributed by atoms with E-state index in [2.05, 4.69) is 16.8 Å². The first-order valence-electron chi connectivity index (χ1n) is 7.38. The Morgan fingerprint density at radius 2 is 1.95 bits per heavy atom. The van der Waals surface area contributed by atoms with Crippen molar-refractivity contribution in [1.82, 2.24) is 9.80 Å². The predicted octanol–water partition coefficient (Wildman–Crippen LogP) is 1.67. The maximum absolute atomic E-state index is 9.78. The summed E-state index contributed by atoms with van der Waals surface area (Å²) >= 11 is 0. The zero-order valence-electron chi connectivity index (χ0n) is 12.8. The van der Waals surface area contributed by atoms with Gasteiger partial charge >= 0.3 is 0 Å². The van der Waals surface area contributed by atoms with Crippen LogP contribution in [0.1, 0.15) is 24.2 Å². The molecule has 0 aliphatic carbocycles. The Kier molecular flexibility index (Phi) is 5.40. The summed E-state index contributed by atoms with van der Waals surface area (Å²) in [6.07, 6.45) is -0.491. The van der Waals surface area contributed by atoms with Crippen molar-refractivity contribution in [2.24, 2.45) is 0 Å². The van der Waals surface area contributed by atoms with E-state index >= 15 is 0 Å². The Bertz CT molecular complexity index is 426. The zero-order chi connectivity index (χ0) is 14.5. The molecule has 1 aliphatic heterocycles. The van der Waals surface area contributed by atoms with Gasteiger partial charge in [0.15, 0.2) is 0 Å². The van der Waals surface area contributed by atoms with Gasteiger partial charge in [0.05, 0.1) is 6.10 Å². The van der Waals surface area contributed by atoms with Crippen LogP contribution in [-0.2, 0) is 0 Å². The van der Waals surface area contributed by atoms with Gasteiger partial charge in [-0.05, 0) is 32.5 Å². The molecule has 1 heterocycles. The van der Waals surface area contributed by atoms with Crippen LogP contribution in [0.5, 0.6) is 5.75 Å². The molecule has 0 amide bonds. The normalized spacial score (nSPS) is 19.0. The summed E-state index contributed by atoms with van der Waals surface area (Å²) in [5.74, 6) is 0.814. The molecule has 2 rings (SSSR count). The minimum atomic E-state index is -0.491. The summed E-state index contributed by atoms with van der Waals surface area (Å²) in [5, 5.41) is 9.78. The Balaban J connectivity index is 1.86. The summed E-state index contributed by atoms with van der Waals surface area (Å²) in [6, 6.07) is 5.96. The lowest BCUT2D eigenvalue weighted by Crippen LogP contribution is -2.45. The third kappa shape index (κ3) is 4.20. The van der Waals surface area contributed by atoms with Gasteiger partial charge in [-0.25, -0.2) is 0 Å². The first kappa shape index (κ1) is 15.3. The second-order valence-electron chi connectivity index (χ2n) is 5.71. The molecule has 112 valence electrons. The van der Waals surface area contributed by atoms with Gasteiger partial charge in [-0.1, -0.05) is 12.1 Å². The quantitative estimate of drug-likeness (QED) is 0.889. The smallest absolute Gasteiger partial charge is 0.125 e. The highest BCUT2D eigenvalue weighted by Gasteiger charge is 2.14. The minimum Gasteiger partial charge on any atom is -0.492 e. The van der Waals surface area contributed by atoms with Crippen molar-refractivity contribution in [3.63, 3.8) is 0 Å². The molecule has 0 saturated carbocycles. The summed E-state index contributed by atoms with van der Waals surface area (Å²) in [5.41, 5.74) is 2.03. The van der Waals surface area contributed by atoms with Crippen LogP contribution in [0.25, 0.3) is 0 Å². The number of hydrogen-bond acceptors (Lipinski definition) is 4. The molecule has 1 aliphatic rings. The maximum atomic E-state index is 9.78. The van der Waals surface area contributed by atoms with E-state index < -0.39 is 6.10 Å². The number of hydrogen-bond donors (Lipinski definition) is 1. The number of likely N-dealkylation sites (N-methyl/N-ethyl adjacent to an activating group) is 1. The second-order valence-corrected chi connectivity index (χ2v) is 5.71. The molecule has 0 spiro atoms. The molecule has 0 unspecified atom stereocenters. The van der Waals surface area contributed by atoms with E-state index in [1.54, 1.807) is 6.92 Å². The van der Waals surface area contributed by atoms with E-state index in [0.29, 0.717) is 6.61 Å². The highest BCUT2D eigenvalue weighted by Crippen LogP contribution is 2.26. The van der Waals surface area contributed by atoms with Crippen molar-refractivity contribution in [2.75, 3.05) is 46.4 Å². The van der Waals surface area contributed by atoms with Crippen molar-refractivity contribution in [3.8, 4) is 5.75 Å². The molecule has 20 heavy (non-hydrogen) atoms. The molecular formula is C16H26N2O2. The fraction of sp³-hybridized carbons (Fsp3) is 0.625. The standard InChI is InChI=1S/C16H26N2O2/c1-13-4-5-15(14(2)19)16(12-13)20-11-10-18-8-6-17(3)7-9-18/h4-5,12,14,19H,6-11H2,1-3H3/t14-/m0/s1. The average molecular weight is 278 g/mol. The van der Waals surface area contributed by atoms with E-state index in [9.17, 15) is 5.11 Å². The van der Waals surface area contributed by atoms with Crippen LogP contribution in [0.3, 0.4) is 0 Å². The molecule has 1 atom stereocenters. The van der Waals surface area contributed by atoms with Crippen LogP contribution >= 0.6 is 0 Å². The van der Waals surface area contributed by atoms with E-state index in [0.717, 1.165) is 49.6 Å². The Labute approximate surface area is 122 Å². The van der Waals surface area contributed by atoms with E-state index in [1.165, 1.54) is 0 Å². The van der Waals surface area contributed by atoms with Gasteiger partial charge in [0.2, 0.25) is 0 Å². The Morgan fingerprint density at radius 1 is 1.25 bits per heavy atom. The highest BCUT2D eigenvalue weighted by molar-refractivity contribution is 5.38. The van der Waals surface area contributed by atoms with Crippen LogP contribution < -0.4 is 4.74 Å². The zero-order valence-corrected chi connectivity index (χ0v) is 12.8. The van der Waals surface area contributed by atoms with Crippen LogP contribution in [0.2, 0.25) is 0 Å². The van der Waals surface area contributed by atoms with Crippen LogP contribution in [-0.4, -0.2) is 61.3 Å². The number of ether oxygens (including phenoxy) is 1. The summed E-state index contributed by atoms with van der Waals surface area (Å²) in [4.78, 5) is 4.78. The third-order valence-corrected chi connectivity index (χ3v) is 3.88. The van der Waals surface area contributed by atoms with Crippen molar-refractivity contribution >= 4 is 0 Å². The number of aliphatic hydroxyl groups excluding tert-OH is 1. The summed E-state index contributed by atoms with van der Waals surface area (Å²) < 4.78 is 5.89. The van der Waals surface area contributed by atoms with Gasteiger partial charge in [0, 0.05) is 38.3 Å². The largest absolute Gasteiger partial charge is 0.492 e. The Morgan fingerprint density at radius 3 is 2.60 bits per heavy atom. The first-order chi connectivity index (χ1) is 9.56. The molecule has 1 aromatic carbocycles. The van der Waals surface area contributed by atoms with Gasteiger partial charge in [-0.2, -0.15) is 0 Å². The number of aryl methyl sites for hydroxylation is 1. The molecule has 0 aromatic heterocycles. The third-order valence-electron chi connectivity index (χ3n) is 3.88. The lowest BCUT2D eigenvalue weighted by atomic mass is 10.1. The summed E-state index contributed by atoms with van der Waals surface area (Å²) in [6.45, 7) is 9.91. The summed E-state index contributed by atoms with van der Waals surface area (Å²) in [7, 11) is 2.16. The number of nitrogens with zero attached hydrogens (tertiary/aromatic N) is 2. The number of aliphatic hydroxyl groups is 1. The molecule has 1 aromatic rings. The van der Waals surface area contributed by atoms with Crippen molar-refractivity contribution in [3.05, 3.63) is 29.3 Å². The molecule has 1 saturated heterocycles. The maximum Gasteiger partial charge on any atom is 0.125 e. The van der Waals surface area contributed by atoms with E-state index in [4.69, 9.17) is 4.74 Å². The molecule has 4 heteroatoms. The molecule has 1 N–H and O–H groups in total. The molecule has 0 bridgehead atoms. The molecule has 1 fully saturated rings. The van der Waals surface area contributed by atoms with Gasteiger partial charge in [0.1, 0.15) is 12.4 Å². The van der Waals surface area contributed by atoms with Crippen molar-refractivity contribution in [1.29, 1.82) is 0 Å². The van der Waals surface area contributed by atoms with Crippen molar-refractivity contribution < 1.29 is 9.84 Å². The van der Waals surface area contributed by atoms with Crippen LogP contribution in [0.15, 0.2) is 18.2 Å². The topological polar surface area (TPSA) is 35.9 Å². The minimum absolute atomic E-state index is 0.491. The SMILES string of the molecule is Cc1ccc([C@H](C)O)c(OCCN2CCN(C)CC2)c1. The lowest BCUT2D eigenvalue weighted by Gasteiger charge is -2.32. The number of piperazine rings is 1. The van der Waals surface area contributed by atoms with Gasteiger partial charge in [-0.15, -0.1) is 0 Å². The molecule has 4 nitrogen and oxygen atoms in total.